The number of fused-ring (bicyclic) bond motifs is 1. The molecule has 0 spiro atoms. The molecule has 8 nitrogen and oxygen atoms in total. The van der Waals surface area contributed by atoms with Gasteiger partial charge in [0.1, 0.15) is 5.52 Å². The zero-order valence-corrected chi connectivity index (χ0v) is 18.5. The lowest BCUT2D eigenvalue weighted by Crippen LogP contribution is -2.12. The first kappa shape index (κ1) is 20.7. The van der Waals surface area contributed by atoms with Crippen LogP contribution in [0.4, 0.5) is 5.69 Å². The van der Waals surface area contributed by atoms with Crippen LogP contribution in [0.3, 0.4) is 0 Å². The highest BCUT2D eigenvalue weighted by Gasteiger charge is 2.18. The molecule has 0 radical (unpaired) electrons. The highest BCUT2D eigenvalue weighted by Crippen LogP contribution is 2.41. The summed E-state index contributed by atoms with van der Waals surface area (Å²) in [4.78, 5) is 21.0. The van der Waals surface area contributed by atoms with E-state index < -0.39 is 0 Å². The first-order valence-corrected chi connectivity index (χ1v) is 9.94. The Labute approximate surface area is 186 Å². The van der Waals surface area contributed by atoms with Gasteiger partial charge in [-0.25, -0.2) is 4.98 Å². The molecular formula is C22H18BrN3O5. The fourth-order valence-corrected chi connectivity index (χ4v) is 3.44. The van der Waals surface area contributed by atoms with E-state index in [-0.39, 0.29) is 5.91 Å². The normalized spacial score (nSPS) is 10.7. The van der Waals surface area contributed by atoms with Gasteiger partial charge in [-0.05, 0) is 52.3 Å². The number of carbonyl (C=O) groups excluding carboxylic acids is 1. The summed E-state index contributed by atoms with van der Waals surface area (Å²) in [5.41, 5.74) is 2.85. The van der Waals surface area contributed by atoms with E-state index in [2.05, 4.69) is 31.2 Å². The highest BCUT2D eigenvalue weighted by atomic mass is 79.9. The molecule has 0 saturated carbocycles. The minimum atomic E-state index is -0.276. The molecule has 0 unspecified atom stereocenters. The lowest BCUT2D eigenvalue weighted by atomic mass is 10.2. The Morgan fingerprint density at radius 2 is 1.74 bits per heavy atom. The van der Waals surface area contributed by atoms with E-state index in [9.17, 15) is 4.79 Å². The van der Waals surface area contributed by atoms with Gasteiger partial charge < -0.3 is 23.9 Å². The smallest absolute Gasteiger partial charge is 0.257 e. The third-order valence-corrected chi connectivity index (χ3v) is 4.96. The van der Waals surface area contributed by atoms with Crippen LogP contribution in [0.1, 0.15) is 10.4 Å². The average molecular weight is 484 g/mol. The number of aromatic nitrogens is 2. The number of hydrogen-bond donors (Lipinski definition) is 1. The number of halogens is 1. The number of carbonyl (C=O) groups is 1. The van der Waals surface area contributed by atoms with E-state index in [4.69, 9.17) is 18.6 Å². The monoisotopic (exact) mass is 483 g/mol. The highest BCUT2D eigenvalue weighted by molar-refractivity contribution is 9.10. The quantitative estimate of drug-likeness (QED) is 0.415. The molecule has 4 aromatic rings. The summed E-state index contributed by atoms with van der Waals surface area (Å²) in [5, 5.41) is 2.84. The van der Waals surface area contributed by atoms with Crippen molar-refractivity contribution in [3.8, 4) is 28.7 Å². The lowest BCUT2D eigenvalue weighted by molar-refractivity contribution is 0.102. The number of amides is 1. The molecule has 9 heteroatoms. The number of nitrogens with zero attached hydrogens (tertiary/aromatic N) is 2. The SMILES string of the molecule is COc1cc(-c2nc3cc(NC(=O)c4cncc(Br)c4)ccc3o2)cc(OC)c1OC. The summed E-state index contributed by atoms with van der Waals surface area (Å²) in [6.45, 7) is 0. The van der Waals surface area contributed by atoms with Crippen molar-refractivity contribution in [1.82, 2.24) is 9.97 Å². The van der Waals surface area contributed by atoms with Gasteiger partial charge in [-0.2, -0.15) is 0 Å². The zero-order valence-electron chi connectivity index (χ0n) is 16.9. The van der Waals surface area contributed by atoms with E-state index in [1.807, 2.05) is 0 Å². The van der Waals surface area contributed by atoms with Crippen LogP contribution in [-0.2, 0) is 0 Å². The Kier molecular flexibility index (Phi) is 5.77. The molecule has 158 valence electrons. The van der Waals surface area contributed by atoms with E-state index >= 15 is 0 Å². The van der Waals surface area contributed by atoms with Crippen molar-refractivity contribution in [2.24, 2.45) is 0 Å². The number of rotatable bonds is 6. The summed E-state index contributed by atoms with van der Waals surface area (Å²) < 4.78 is 22.8. The number of ether oxygens (including phenoxy) is 3. The van der Waals surface area contributed by atoms with Gasteiger partial charge in [0, 0.05) is 28.1 Å². The molecule has 31 heavy (non-hydrogen) atoms. The van der Waals surface area contributed by atoms with E-state index in [0.29, 0.717) is 51.1 Å². The zero-order chi connectivity index (χ0) is 22.0. The predicted octanol–water partition coefficient (Wildman–Crippen LogP) is 4.93. The van der Waals surface area contributed by atoms with Gasteiger partial charge in [0.25, 0.3) is 5.91 Å². The number of nitrogens with one attached hydrogen (secondary N) is 1. The van der Waals surface area contributed by atoms with Crippen LogP contribution in [0, 0.1) is 0 Å². The number of methoxy groups -OCH3 is 3. The Morgan fingerprint density at radius 3 is 2.39 bits per heavy atom. The molecule has 4 rings (SSSR count). The molecule has 0 aliphatic heterocycles. The number of anilines is 1. The second-order valence-electron chi connectivity index (χ2n) is 6.46. The van der Waals surface area contributed by atoms with Crippen molar-refractivity contribution in [1.29, 1.82) is 0 Å². The third kappa shape index (κ3) is 4.17. The standard InChI is InChI=1S/C22H18BrN3O5/c1-28-18-7-12(8-19(29-2)20(18)30-3)22-26-16-9-15(4-5-17(16)31-22)25-21(27)13-6-14(23)11-24-10-13/h4-11H,1-3H3,(H,25,27). The third-order valence-electron chi connectivity index (χ3n) is 4.52. The van der Waals surface area contributed by atoms with E-state index in [0.717, 1.165) is 4.47 Å². The number of pyridine rings is 1. The molecule has 2 heterocycles. The molecule has 0 aliphatic rings. The Balaban J connectivity index is 1.66. The second-order valence-corrected chi connectivity index (χ2v) is 7.38. The molecule has 1 amide bonds. The molecule has 0 aliphatic carbocycles. The fraction of sp³-hybridized carbons (Fsp3) is 0.136. The van der Waals surface area contributed by atoms with E-state index in [1.165, 1.54) is 6.20 Å². The van der Waals surface area contributed by atoms with Crippen LogP contribution in [0.25, 0.3) is 22.6 Å². The molecule has 0 atom stereocenters. The minimum absolute atomic E-state index is 0.276. The van der Waals surface area contributed by atoms with Crippen LogP contribution < -0.4 is 19.5 Å². The van der Waals surface area contributed by atoms with Crippen molar-refractivity contribution in [3.63, 3.8) is 0 Å². The van der Waals surface area contributed by atoms with Gasteiger partial charge in [-0.3, -0.25) is 9.78 Å². The molecular weight excluding hydrogens is 466 g/mol. The summed E-state index contributed by atoms with van der Waals surface area (Å²) in [6.07, 6.45) is 3.11. The van der Waals surface area contributed by atoms with Gasteiger partial charge in [0.05, 0.1) is 26.9 Å². The van der Waals surface area contributed by atoms with Gasteiger partial charge in [-0.1, -0.05) is 0 Å². The lowest BCUT2D eigenvalue weighted by Gasteiger charge is -2.12. The minimum Gasteiger partial charge on any atom is -0.493 e. The summed E-state index contributed by atoms with van der Waals surface area (Å²) in [6, 6.07) is 10.4. The van der Waals surface area contributed by atoms with Crippen LogP contribution in [0.15, 0.2) is 57.7 Å². The fourth-order valence-electron chi connectivity index (χ4n) is 3.07. The van der Waals surface area contributed by atoms with Gasteiger partial charge in [0.2, 0.25) is 11.6 Å². The Hall–Kier alpha value is -3.59. The average Bonchev–Trinajstić information content (AvgIpc) is 3.21. The Morgan fingerprint density at radius 1 is 1.00 bits per heavy atom. The van der Waals surface area contributed by atoms with Crippen molar-refractivity contribution in [2.45, 2.75) is 0 Å². The van der Waals surface area contributed by atoms with Crippen molar-refractivity contribution < 1.29 is 23.4 Å². The molecule has 1 N–H and O–H groups in total. The van der Waals surface area contributed by atoms with Gasteiger partial charge in [0.15, 0.2) is 17.1 Å². The topological polar surface area (TPSA) is 95.7 Å². The van der Waals surface area contributed by atoms with Crippen LogP contribution in [-0.4, -0.2) is 37.2 Å². The van der Waals surface area contributed by atoms with Crippen molar-refractivity contribution in [3.05, 3.63) is 58.8 Å². The molecule has 0 fully saturated rings. The molecule has 2 aromatic heterocycles. The molecule has 0 bridgehead atoms. The molecule has 0 saturated heterocycles. The van der Waals surface area contributed by atoms with Crippen LogP contribution in [0.5, 0.6) is 17.2 Å². The second kappa shape index (κ2) is 8.65. The van der Waals surface area contributed by atoms with Crippen molar-refractivity contribution >= 4 is 38.6 Å². The summed E-state index contributed by atoms with van der Waals surface area (Å²) >= 11 is 3.31. The number of oxazole rings is 1. The predicted molar refractivity (Wildman–Crippen MR) is 119 cm³/mol. The van der Waals surface area contributed by atoms with Gasteiger partial charge in [-0.15, -0.1) is 0 Å². The summed E-state index contributed by atoms with van der Waals surface area (Å²) in [5.74, 6) is 1.58. The maximum absolute atomic E-state index is 12.5. The Bertz CT molecular complexity index is 1250. The van der Waals surface area contributed by atoms with Crippen LogP contribution in [0.2, 0.25) is 0 Å². The molecule has 2 aromatic carbocycles. The number of benzene rings is 2. The first-order valence-electron chi connectivity index (χ1n) is 9.15. The largest absolute Gasteiger partial charge is 0.493 e. The first-order chi connectivity index (χ1) is 15.0. The van der Waals surface area contributed by atoms with Crippen molar-refractivity contribution in [2.75, 3.05) is 26.6 Å². The van der Waals surface area contributed by atoms with Gasteiger partial charge >= 0.3 is 0 Å². The maximum atomic E-state index is 12.5. The summed E-state index contributed by atoms with van der Waals surface area (Å²) in [7, 11) is 4.63. The maximum Gasteiger partial charge on any atom is 0.257 e. The number of hydrogen-bond acceptors (Lipinski definition) is 7. The van der Waals surface area contributed by atoms with E-state index in [1.54, 1.807) is 63.9 Å². The van der Waals surface area contributed by atoms with Crippen LogP contribution >= 0.6 is 15.9 Å².